The Kier molecular flexibility index (Phi) is 4.39. The third kappa shape index (κ3) is 3.53. The molecule has 3 heterocycles. The molecule has 2 atom stereocenters. The number of ether oxygens (including phenoxy) is 1. The lowest BCUT2D eigenvalue weighted by Crippen LogP contribution is -2.27. The molecule has 2 amide bonds. The maximum atomic E-state index is 12.6. The minimum atomic E-state index is -0.215. The summed E-state index contributed by atoms with van der Waals surface area (Å²) in [7, 11) is 0. The number of nitrogens with zero attached hydrogens (tertiary/aromatic N) is 2. The quantitative estimate of drug-likeness (QED) is 0.822. The minimum Gasteiger partial charge on any atom is -0.480 e. The van der Waals surface area contributed by atoms with Crippen LogP contribution in [-0.4, -0.2) is 41.4 Å². The van der Waals surface area contributed by atoms with Crippen molar-refractivity contribution in [2.75, 3.05) is 25.0 Å². The van der Waals surface area contributed by atoms with Crippen molar-refractivity contribution in [3.8, 4) is 5.75 Å². The number of hydrogen-bond acceptors (Lipinski definition) is 4. The Morgan fingerprint density at radius 3 is 2.93 bits per heavy atom. The predicted molar refractivity (Wildman–Crippen MR) is 110 cm³/mol. The Morgan fingerprint density at radius 2 is 2.10 bits per heavy atom. The van der Waals surface area contributed by atoms with Crippen LogP contribution in [-0.2, 0) is 9.59 Å². The van der Waals surface area contributed by atoms with Gasteiger partial charge in [0.15, 0.2) is 18.2 Å². The highest BCUT2D eigenvalue weighted by Crippen LogP contribution is 2.41. The van der Waals surface area contributed by atoms with E-state index < -0.39 is 0 Å². The highest BCUT2D eigenvalue weighted by atomic mass is 16.5. The summed E-state index contributed by atoms with van der Waals surface area (Å²) in [4.78, 5) is 30.1. The number of likely N-dealkylation sites (tertiary alicyclic amines) is 1. The molecule has 1 saturated heterocycles. The minimum absolute atomic E-state index is 0.0148. The van der Waals surface area contributed by atoms with E-state index in [1.807, 2.05) is 11.0 Å². The summed E-state index contributed by atoms with van der Waals surface area (Å²) in [5.74, 6) is 1.68. The molecule has 3 aliphatic rings. The zero-order valence-electron chi connectivity index (χ0n) is 15.9. The van der Waals surface area contributed by atoms with Crippen molar-refractivity contribution >= 4 is 29.3 Å². The molecule has 2 unspecified atom stereocenters. The number of anilines is 1. The molecule has 6 nitrogen and oxygen atoms in total. The van der Waals surface area contributed by atoms with Crippen LogP contribution in [0.2, 0.25) is 0 Å². The molecule has 1 aromatic carbocycles. The molecule has 0 bridgehead atoms. The maximum absolute atomic E-state index is 12.6. The summed E-state index contributed by atoms with van der Waals surface area (Å²) >= 11 is 0. The van der Waals surface area contributed by atoms with E-state index in [2.05, 4.69) is 40.6 Å². The van der Waals surface area contributed by atoms with E-state index in [0.717, 1.165) is 25.1 Å². The van der Waals surface area contributed by atoms with E-state index in [4.69, 9.17) is 4.74 Å². The first-order valence-electron chi connectivity index (χ1n) is 9.81. The van der Waals surface area contributed by atoms with Gasteiger partial charge >= 0.3 is 0 Å². The number of fused-ring (bicyclic) bond motifs is 2. The van der Waals surface area contributed by atoms with Gasteiger partial charge in [0.05, 0.1) is 0 Å². The van der Waals surface area contributed by atoms with Gasteiger partial charge in [-0.05, 0) is 47.1 Å². The predicted octanol–water partition coefficient (Wildman–Crippen LogP) is 2.99. The lowest BCUT2D eigenvalue weighted by molar-refractivity contribution is -0.125. The second kappa shape index (κ2) is 7.20. The monoisotopic (exact) mass is 387 g/mol. The smallest absolute Gasteiger partial charge is 0.263 e. The summed E-state index contributed by atoms with van der Waals surface area (Å²) in [6, 6.07) is 12.3. The highest BCUT2D eigenvalue weighted by Gasteiger charge is 2.37. The lowest BCUT2D eigenvalue weighted by atomic mass is 9.98. The molecule has 2 aromatic rings. The number of aromatic nitrogens is 1. The largest absolute Gasteiger partial charge is 0.480 e. The molecule has 1 N–H and O–H groups in total. The van der Waals surface area contributed by atoms with Gasteiger partial charge in [0.25, 0.3) is 5.91 Å². The zero-order chi connectivity index (χ0) is 19.8. The molecule has 5 rings (SSSR count). The third-order valence-electron chi connectivity index (χ3n) is 5.75. The number of hydrogen-bond donors (Lipinski definition) is 1. The molecule has 1 aromatic heterocycles. The van der Waals surface area contributed by atoms with Crippen molar-refractivity contribution in [2.45, 2.75) is 6.42 Å². The van der Waals surface area contributed by atoms with Crippen LogP contribution in [0, 0.1) is 11.8 Å². The number of carbonyl (C=O) groups is 2. The lowest BCUT2D eigenvalue weighted by Gasteiger charge is -2.17. The van der Waals surface area contributed by atoms with Gasteiger partial charge in [-0.3, -0.25) is 9.59 Å². The number of benzene rings is 1. The van der Waals surface area contributed by atoms with Gasteiger partial charge in [-0.1, -0.05) is 36.4 Å². The van der Waals surface area contributed by atoms with Crippen LogP contribution in [0.25, 0.3) is 11.6 Å². The molecule has 1 fully saturated rings. The van der Waals surface area contributed by atoms with Crippen LogP contribution in [0.5, 0.6) is 5.75 Å². The molecule has 2 aliphatic heterocycles. The van der Waals surface area contributed by atoms with Crippen molar-refractivity contribution in [3.63, 3.8) is 0 Å². The molecular formula is C23H21N3O3. The first-order valence-corrected chi connectivity index (χ1v) is 9.81. The van der Waals surface area contributed by atoms with Crippen molar-refractivity contribution in [2.24, 2.45) is 11.8 Å². The summed E-state index contributed by atoms with van der Waals surface area (Å²) in [6.45, 7) is 1.54. The van der Waals surface area contributed by atoms with E-state index in [-0.39, 0.29) is 18.4 Å². The molecular weight excluding hydrogens is 366 g/mol. The molecule has 6 heteroatoms. The fourth-order valence-corrected chi connectivity index (χ4v) is 4.30. The van der Waals surface area contributed by atoms with Crippen LogP contribution in [0.1, 0.15) is 17.5 Å². The number of rotatable bonds is 3. The normalized spacial score (nSPS) is 22.7. The van der Waals surface area contributed by atoms with Gasteiger partial charge in [0.1, 0.15) is 0 Å². The number of carbonyl (C=O) groups excluding carboxylic acids is 2. The van der Waals surface area contributed by atoms with Crippen molar-refractivity contribution in [3.05, 3.63) is 65.9 Å². The molecule has 0 saturated carbocycles. The van der Waals surface area contributed by atoms with E-state index in [9.17, 15) is 9.59 Å². The van der Waals surface area contributed by atoms with Crippen molar-refractivity contribution in [1.29, 1.82) is 0 Å². The Labute approximate surface area is 168 Å². The van der Waals surface area contributed by atoms with Crippen LogP contribution >= 0.6 is 0 Å². The first kappa shape index (κ1) is 17.7. The molecule has 146 valence electrons. The Balaban J connectivity index is 1.23. The van der Waals surface area contributed by atoms with Crippen molar-refractivity contribution < 1.29 is 14.3 Å². The van der Waals surface area contributed by atoms with E-state index >= 15 is 0 Å². The average Bonchev–Trinajstić information content (AvgIpc) is 3.32. The molecule has 1 aliphatic carbocycles. The Hall–Kier alpha value is -3.41. The van der Waals surface area contributed by atoms with E-state index in [0.29, 0.717) is 23.4 Å². The second-order valence-corrected chi connectivity index (χ2v) is 7.71. The summed E-state index contributed by atoms with van der Waals surface area (Å²) in [5.41, 5.74) is 3.45. The summed E-state index contributed by atoms with van der Waals surface area (Å²) in [5, 5.41) is 2.65. The fraction of sp³-hybridized carbons (Fsp3) is 0.261. The van der Waals surface area contributed by atoms with Crippen LogP contribution in [0.15, 0.2) is 54.7 Å². The first-order chi connectivity index (χ1) is 14.2. The van der Waals surface area contributed by atoms with Crippen LogP contribution in [0.4, 0.5) is 5.82 Å². The Bertz CT molecular complexity index is 1030. The molecule has 29 heavy (non-hydrogen) atoms. The van der Waals surface area contributed by atoms with Crippen molar-refractivity contribution in [1.82, 2.24) is 9.88 Å². The second-order valence-electron chi connectivity index (χ2n) is 7.71. The van der Waals surface area contributed by atoms with Gasteiger partial charge in [0, 0.05) is 25.4 Å². The SMILES string of the molecule is O=C1COc2cc(/C=C/C(=O)N3CC4C=C(c5ccccc5)CC4C3)cnc2N1. The van der Waals surface area contributed by atoms with Gasteiger partial charge in [-0.25, -0.2) is 4.98 Å². The highest BCUT2D eigenvalue weighted by molar-refractivity contribution is 5.95. The maximum Gasteiger partial charge on any atom is 0.263 e. The average molecular weight is 387 g/mol. The third-order valence-corrected chi connectivity index (χ3v) is 5.75. The van der Waals surface area contributed by atoms with E-state index in [1.54, 1.807) is 24.4 Å². The topological polar surface area (TPSA) is 71.5 Å². The summed E-state index contributed by atoms with van der Waals surface area (Å²) in [6.07, 6.45) is 8.32. The van der Waals surface area contributed by atoms with Crippen LogP contribution in [0.3, 0.4) is 0 Å². The number of allylic oxidation sites excluding steroid dienone is 1. The number of amides is 2. The molecule has 0 radical (unpaired) electrons. The van der Waals surface area contributed by atoms with Gasteiger partial charge in [0.2, 0.25) is 5.91 Å². The zero-order valence-corrected chi connectivity index (χ0v) is 15.9. The molecule has 0 spiro atoms. The number of nitrogens with one attached hydrogen (secondary N) is 1. The van der Waals surface area contributed by atoms with Crippen LogP contribution < -0.4 is 10.1 Å². The van der Waals surface area contributed by atoms with Gasteiger partial charge < -0.3 is 15.0 Å². The number of pyridine rings is 1. The Morgan fingerprint density at radius 1 is 1.24 bits per heavy atom. The van der Waals surface area contributed by atoms with Gasteiger partial charge in [-0.2, -0.15) is 0 Å². The van der Waals surface area contributed by atoms with E-state index in [1.165, 1.54) is 11.1 Å². The fourth-order valence-electron chi connectivity index (χ4n) is 4.30. The summed E-state index contributed by atoms with van der Waals surface area (Å²) < 4.78 is 5.37. The standard InChI is InChI=1S/C23H21N3O3/c27-21-14-29-20-8-15(11-24-23(20)25-21)6-7-22(28)26-12-18-9-17(10-19(18)13-26)16-4-2-1-3-5-16/h1-9,11,18-19H,10,12-14H2,(H,24,25,27)/b7-6+. The van der Waals surface area contributed by atoms with Gasteiger partial charge in [-0.15, -0.1) is 0 Å².